The van der Waals surface area contributed by atoms with Gasteiger partial charge in [0.25, 0.3) is 20.0 Å². The van der Waals surface area contributed by atoms with Gasteiger partial charge >= 0.3 is 0 Å². The average Bonchev–Trinajstić information content (AvgIpc) is 3.32. The Morgan fingerprint density at radius 1 is 1.11 bits per heavy atom. The van der Waals surface area contributed by atoms with E-state index in [-0.39, 0.29) is 27.1 Å². The highest BCUT2D eigenvalue weighted by Crippen LogP contribution is 2.21. The minimum atomic E-state index is -3.97. The van der Waals surface area contributed by atoms with Gasteiger partial charge in [-0.25, -0.2) is 16.8 Å². The van der Waals surface area contributed by atoms with Crippen LogP contribution >= 0.6 is 12.2 Å². The Morgan fingerprint density at radius 3 is 2.33 bits per heavy atom. The van der Waals surface area contributed by atoms with Crippen molar-refractivity contribution < 1.29 is 16.8 Å². The molecule has 2 aromatic rings. The second-order valence-electron chi connectivity index (χ2n) is 5.94. The molecule has 1 fully saturated rings. The largest absolute Gasteiger partial charge is 0.361 e. The summed E-state index contributed by atoms with van der Waals surface area (Å²) in [4.78, 5) is 2.16. The third-order valence-corrected chi connectivity index (χ3v) is 7.29. The van der Waals surface area contributed by atoms with E-state index in [1.807, 2.05) is 4.90 Å². The van der Waals surface area contributed by atoms with E-state index in [0.717, 1.165) is 12.8 Å². The van der Waals surface area contributed by atoms with E-state index in [2.05, 4.69) is 14.9 Å². The molecule has 0 radical (unpaired) electrons. The van der Waals surface area contributed by atoms with Gasteiger partial charge in [0.05, 0.1) is 10.6 Å². The summed E-state index contributed by atoms with van der Waals surface area (Å²) in [5.41, 5.74) is 0.0310. The molecule has 1 aromatic heterocycles. The predicted octanol–water partition coefficient (Wildman–Crippen LogP) is 1.05. The molecular formula is C15H19N5O4S3. The molecule has 0 unspecified atom stereocenters. The molecule has 1 aromatic carbocycles. The van der Waals surface area contributed by atoms with Gasteiger partial charge < -0.3 is 4.90 Å². The van der Waals surface area contributed by atoms with Gasteiger partial charge in [0.1, 0.15) is 4.99 Å². The number of hydrogen-bond acceptors (Lipinski definition) is 7. The average molecular weight is 430 g/mol. The highest BCUT2D eigenvalue weighted by Gasteiger charge is 2.28. The predicted molar refractivity (Wildman–Crippen MR) is 105 cm³/mol. The first-order valence-corrected chi connectivity index (χ1v) is 11.8. The molecule has 1 aliphatic heterocycles. The van der Waals surface area contributed by atoms with Crippen LogP contribution in [0.4, 0.5) is 5.82 Å². The van der Waals surface area contributed by atoms with Crippen molar-refractivity contribution in [3.63, 3.8) is 0 Å². The molecule has 1 aliphatic rings. The van der Waals surface area contributed by atoms with Crippen LogP contribution in [0.5, 0.6) is 0 Å². The van der Waals surface area contributed by atoms with Gasteiger partial charge in [0, 0.05) is 13.1 Å². The number of nitrogens with one attached hydrogen (secondary N) is 1. The quantitative estimate of drug-likeness (QED) is 0.678. The van der Waals surface area contributed by atoms with Crippen molar-refractivity contribution in [2.45, 2.75) is 24.7 Å². The van der Waals surface area contributed by atoms with Gasteiger partial charge in [-0.1, -0.05) is 34.6 Å². The molecule has 3 rings (SSSR count). The van der Waals surface area contributed by atoms with E-state index in [1.54, 1.807) is 18.2 Å². The van der Waals surface area contributed by atoms with Crippen molar-refractivity contribution in [3.05, 3.63) is 36.0 Å². The smallest absolute Gasteiger partial charge is 0.269 e. The van der Waals surface area contributed by atoms with Gasteiger partial charge in [-0.3, -0.25) is 4.72 Å². The molecule has 0 spiro atoms. The zero-order valence-electron chi connectivity index (χ0n) is 14.6. The van der Waals surface area contributed by atoms with E-state index in [1.165, 1.54) is 19.1 Å². The maximum absolute atomic E-state index is 12.6. The summed E-state index contributed by atoms with van der Waals surface area (Å²) < 4.78 is 52.4. The Balaban J connectivity index is 2.03. The van der Waals surface area contributed by atoms with Crippen LogP contribution in [0, 0.1) is 0 Å². The third kappa shape index (κ3) is 4.12. The van der Waals surface area contributed by atoms with Crippen LogP contribution in [0.3, 0.4) is 0 Å². The summed E-state index contributed by atoms with van der Waals surface area (Å²) in [6.07, 6.45) is 1.90. The summed E-state index contributed by atoms with van der Waals surface area (Å²) in [7, 11) is -7.77. The SMILES string of the molecule is CCS(=O)(=O)n1nc(NS(=O)(=O)c2ccccc2)c(C(=S)N2CCCC2)n1. The molecule has 146 valence electrons. The lowest BCUT2D eigenvalue weighted by Gasteiger charge is -2.17. The minimum absolute atomic E-state index is 0.0240. The van der Waals surface area contributed by atoms with Crippen LogP contribution in [0.1, 0.15) is 25.5 Å². The molecule has 1 N–H and O–H groups in total. The van der Waals surface area contributed by atoms with Crippen LogP contribution in [0.25, 0.3) is 0 Å². The number of thiocarbonyl (C=S) groups is 1. The number of nitrogens with zero attached hydrogens (tertiary/aromatic N) is 4. The lowest BCUT2D eigenvalue weighted by molar-refractivity contribution is 0.528. The molecule has 0 bridgehead atoms. The monoisotopic (exact) mass is 429 g/mol. The van der Waals surface area contributed by atoms with Crippen molar-refractivity contribution in [2.75, 3.05) is 23.6 Å². The zero-order valence-corrected chi connectivity index (χ0v) is 17.0. The molecule has 12 heteroatoms. The second kappa shape index (κ2) is 7.52. The van der Waals surface area contributed by atoms with E-state index in [0.29, 0.717) is 17.3 Å². The third-order valence-electron chi connectivity index (χ3n) is 4.09. The standard InChI is InChI=1S/C15H19N5O4S3/c1-2-26(21,22)20-16-13(15(25)19-10-6-7-11-19)14(17-20)18-27(23,24)12-8-4-3-5-9-12/h3-5,8-9H,2,6-7,10-11H2,1H3,(H,17,18). The molecule has 2 heterocycles. The van der Waals surface area contributed by atoms with Gasteiger partial charge in [-0.15, -0.1) is 10.2 Å². The number of rotatable bonds is 6. The topological polar surface area (TPSA) is 114 Å². The van der Waals surface area contributed by atoms with Crippen LogP contribution < -0.4 is 4.72 Å². The van der Waals surface area contributed by atoms with Crippen molar-refractivity contribution in [1.29, 1.82) is 0 Å². The molecule has 1 saturated heterocycles. The number of likely N-dealkylation sites (tertiary alicyclic amines) is 1. The number of hydrogen-bond donors (Lipinski definition) is 1. The first-order valence-electron chi connectivity index (χ1n) is 8.32. The number of benzene rings is 1. The maximum atomic E-state index is 12.6. The van der Waals surface area contributed by atoms with Crippen molar-refractivity contribution in [2.24, 2.45) is 0 Å². The highest BCUT2D eigenvalue weighted by atomic mass is 32.2. The number of sulfonamides is 1. The lowest BCUT2D eigenvalue weighted by Crippen LogP contribution is -2.28. The normalized spacial score (nSPS) is 15.1. The maximum Gasteiger partial charge on any atom is 0.269 e. The van der Waals surface area contributed by atoms with Crippen LogP contribution in [0.2, 0.25) is 0 Å². The van der Waals surface area contributed by atoms with Crippen molar-refractivity contribution in [1.82, 2.24) is 19.3 Å². The van der Waals surface area contributed by atoms with Gasteiger partial charge in [0.2, 0.25) is 0 Å². The van der Waals surface area contributed by atoms with Crippen LogP contribution in [0.15, 0.2) is 35.2 Å². The molecule has 0 amide bonds. The first-order chi connectivity index (χ1) is 12.7. The molecule has 0 atom stereocenters. The van der Waals surface area contributed by atoms with E-state index < -0.39 is 20.0 Å². The summed E-state index contributed by atoms with van der Waals surface area (Å²) in [5.74, 6) is -0.435. The summed E-state index contributed by atoms with van der Waals surface area (Å²) in [6.45, 7) is 2.86. The van der Waals surface area contributed by atoms with Gasteiger partial charge in [0.15, 0.2) is 11.5 Å². The molecule has 0 aliphatic carbocycles. The molecule has 0 saturated carbocycles. The van der Waals surface area contributed by atoms with Crippen molar-refractivity contribution in [3.8, 4) is 0 Å². The number of anilines is 1. The van der Waals surface area contributed by atoms with Crippen LogP contribution in [-0.2, 0) is 20.0 Å². The van der Waals surface area contributed by atoms with Crippen molar-refractivity contribution >= 4 is 43.1 Å². The number of aromatic nitrogens is 3. The van der Waals surface area contributed by atoms with Gasteiger partial charge in [-0.05, 0) is 31.9 Å². The van der Waals surface area contributed by atoms with Gasteiger partial charge in [-0.2, -0.15) is 0 Å². The highest BCUT2D eigenvalue weighted by molar-refractivity contribution is 7.92. The minimum Gasteiger partial charge on any atom is -0.361 e. The Hall–Kier alpha value is -2.05. The molecule has 9 nitrogen and oxygen atoms in total. The summed E-state index contributed by atoms with van der Waals surface area (Å²) in [5, 5.41) is 7.85. The molecular weight excluding hydrogens is 410 g/mol. The van der Waals surface area contributed by atoms with E-state index in [4.69, 9.17) is 12.2 Å². The Kier molecular flexibility index (Phi) is 5.49. The zero-order chi connectivity index (χ0) is 19.7. The summed E-state index contributed by atoms with van der Waals surface area (Å²) in [6, 6.07) is 7.71. The fraction of sp³-hybridized carbons (Fsp3) is 0.400. The first kappa shape index (κ1) is 19.7. The Bertz CT molecular complexity index is 1040. The Morgan fingerprint density at radius 2 is 1.74 bits per heavy atom. The lowest BCUT2D eigenvalue weighted by atomic mass is 10.4. The van der Waals surface area contributed by atoms with E-state index in [9.17, 15) is 16.8 Å². The fourth-order valence-corrected chi connectivity index (χ4v) is 4.59. The fourth-order valence-electron chi connectivity index (χ4n) is 2.60. The summed E-state index contributed by atoms with van der Waals surface area (Å²) >= 11 is 5.43. The molecule has 27 heavy (non-hydrogen) atoms. The van der Waals surface area contributed by atoms with E-state index >= 15 is 0 Å². The Labute approximate surface area is 163 Å². The second-order valence-corrected chi connectivity index (χ2v) is 10.1. The van der Waals surface area contributed by atoms with Crippen LogP contribution in [-0.4, -0.2) is 60.0 Å².